The van der Waals surface area contributed by atoms with Gasteiger partial charge in [0.1, 0.15) is 11.1 Å². The van der Waals surface area contributed by atoms with Gasteiger partial charge in [-0.1, -0.05) is 17.3 Å². The second-order valence-electron chi connectivity index (χ2n) is 7.63. The Morgan fingerprint density at radius 3 is 2.89 bits per heavy atom. The van der Waals surface area contributed by atoms with E-state index in [0.717, 1.165) is 24.1 Å². The van der Waals surface area contributed by atoms with Gasteiger partial charge < -0.3 is 19.6 Å². The summed E-state index contributed by atoms with van der Waals surface area (Å²) in [5.41, 5.74) is 0.749. The van der Waals surface area contributed by atoms with Crippen LogP contribution in [0.4, 0.5) is 0 Å². The molecule has 27 heavy (non-hydrogen) atoms. The van der Waals surface area contributed by atoms with E-state index >= 15 is 0 Å². The molecule has 1 atom stereocenters. The van der Waals surface area contributed by atoms with Crippen molar-refractivity contribution in [1.29, 1.82) is 0 Å². The summed E-state index contributed by atoms with van der Waals surface area (Å²) in [5.74, 6) is 0.0138. The first kappa shape index (κ1) is 18.3. The van der Waals surface area contributed by atoms with Crippen LogP contribution in [0.1, 0.15) is 19.3 Å². The Kier molecular flexibility index (Phi) is 5.38. The quantitative estimate of drug-likeness (QED) is 0.822. The maximum absolute atomic E-state index is 12.8. The van der Waals surface area contributed by atoms with Crippen molar-refractivity contribution >= 4 is 16.9 Å². The number of hydrogen-bond acceptors (Lipinski definition) is 6. The molecule has 0 radical (unpaired) electrons. The number of carbonyl (C=O) groups is 1. The van der Waals surface area contributed by atoms with Crippen molar-refractivity contribution in [2.24, 2.45) is 0 Å². The molecule has 2 aliphatic rings. The Hall–Kier alpha value is -2.03. The molecule has 0 saturated carbocycles. The van der Waals surface area contributed by atoms with Gasteiger partial charge in [0.2, 0.25) is 5.91 Å². The summed E-state index contributed by atoms with van der Waals surface area (Å²) in [7, 11) is 0. The van der Waals surface area contributed by atoms with Crippen molar-refractivity contribution in [1.82, 2.24) is 24.8 Å². The number of benzene rings is 1. The fraction of sp³-hybridized carbons (Fsp3) is 0.632. The van der Waals surface area contributed by atoms with Crippen molar-refractivity contribution in [3.8, 4) is 0 Å². The number of β-amino-alcohol motifs (C(OH)–C–C–N with tert-alkyl or cyclic N) is 1. The third kappa shape index (κ3) is 4.28. The minimum absolute atomic E-state index is 0.0138. The number of rotatable bonds is 5. The lowest BCUT2D eigenvalue weighted by molar-refractivity contribution is -0.134. The molecule has 1 aromatic heterocycles. The molecule has 8 nitrogen and oxygen atoms in total. The van der Waals surface area contributed by atoms with Crippen LogP contribution in [-0.2, 0) is 16.1 Å². The number of para-hydroxylation sites is 1. The highest BCUT2D eigenvalue weighted by Crippen LogP contribution is 2.19. The number of nitrogens with zero attached hydrogens (tertiary/aromatic N) is 5. The highest BCUT2D eigenvalue weighted by molar-refractivity contribution is 5.77. The lowest BCUT2D eigenvalue weighted by Gasteiger charge is -2.34. The molecular formula is C19H27N5O3. The first-order valence-corrected chi connectivity index (χ1v) is 9.71. The van der Waals surface area contributed by atoms with Gasteiger partial charge >= 0.3 is 0 Å². The summed E-state index contributed by atoms with van der Waals surface area (Å²) >= 11 is 0. The minimum atomic E-state index is -1.00. The normalized spacial score (nSPS) is 24.4. The maximum atomic E-state index is 12.8. The first-order valence-electron chi connectivity index (χ1n) is 9.71. The second kappa shape index (κ2) is 7.92. The number of fused-ring (bicyclic) bond motifs is 1. The molecule has 2 aliphatic heterocycles. The van der Waals surface area contributed by atoms with Crippen LogP contribution in [0.3, 0.4) is 0 Å². The van der Waals surface area contributed by atoms with E-state index in [1.165, 1.54) is 12.8 Å². The van der Waals surface area contributed by atoms with Gasteiger partial charge in [0.25, 0.3) is 0 Å². The van der Waals surface area contributed by atoms with Gasteiger partial charge in [0.15, 0.2) is 0 Å². The van der Waals surface area contributed by atoms with Crippen molar-refractivity contribution < 1.29 is 14.6 Å². The first-order chi connectivity index (χ1) is 13.1. The number of aromatic nitrogens is 3. The molecule has 2 fully saturated rings. The molecule has 1 N–H and O–H groups in total. The average Bonchev–Trinajstić information content (AvgIpc) is 3.27. The molecule has 1 aromatic carbocycles. The molecule has 146 valence electrons. The van der Waals surface area contributed by atoms with Crippen LogP contribution in [0.15, 0.2) is 24.3 Å². The predicted octanol–water partition coefficient (Wildman–Crippen LogP) is 0.507. The third-order valence-corrected chi connectivity index (χ3v) is 5.39. The van der Waals surface area contributed by atoms with Crippen LogP contribution in [0.25, 0.3) is 11.0 Å². The molecule has 2 aromatic rings. The van der Waals surface area contributed by atoms with Gasteiger partial charge in [-0.25, -0.2) is 4.68 Å². The molecule has 2 saturated heterocycles. The SMILES string of the molecule is O=C(CCn1nnc2ccccc21)N1CCOCC(O)(CN2CCCC2)C1. The molecule has 0 spiro atoms. The molecule has 8 heteroatoms. The number of aliphatic hydroxyl groups is 1. The lowest BCUT2D eigenvalue weighted by atomic mass is 10.0. The van der Waals surface area contributed by atoms with E-state index in [-0.39, 0.29) is 12.5 Å². The fourth-order valence-electron chi connectivity index (χ4n) is 4.02. The van der Waals surface area contributed by atoms with Gasteiger partial charge in [-0.2, -0.15) is 0 Å². The number of carbonyl (C=O) groups excluding carboxylic acids is 1. The summed E-state index contributed by atoms with van der Waals surface area (Å²) in [4.78, 5) is 16.8. The van der Waals surface area contributed by atoms with E-state index in [9.17, 15) is 9.90 Å². The van der Waals surface area contributed by atoms with Gasteiger partial charge in [-0.05, 0) is 38.1 Å². The summed E-state index contributed by atoms with van der Waals surface area (Å²) in [6.45, 7) is 4.62. The number of hydrogen-bond donors (Lipinski definition) is 1. The molecule has 0 aliphatic carbocycles. The number of ether oxygens (including phenoxy) is 1. The number of amides is 1. The zero-order valence-corrected chi connectivity index (χ0v) is 15.6. The fourth-order valence-corrected chi connectivity index (χ4v) is 4.02. The van der Waals surface area contributed by atoms with Crippen LogP contribution in [0.5, 0.6) is 0 Å². The Balaban J connectivity index is 1.38. The van der Waals surface area contributed by atoms with Crippen LogP contribution in [-0.4, -0.2) is 87.3 Å². The number of likely N-dealkylation sites (tertiary alicyclic amines) is 1. The highest BCUT2D eigenvalue weighted by atomic mass is 16.5. The zero-order valence-electron chi connectivity index (χ0n) is 15.6. The topological polar surface area (TPSA) is 83.7 Å². The van der Waals surface area contributed by atoms with Crippen molar-refractivity contribution in [3.63, 3.8) is 0 Å². The Morgan fingerprint density at radius 1 is 1.22 bits per heavy atom. The Labute approximate surface area is 158 Å². The van der Waals surface area contributed by atoms with Gasteiger partial charge in [0, 0.05) is 19.5 Å². The zero-order chi connectivity index (χ0) is 18.7. The van der Waals surface area contributed by atoms with Crippen LogP contribution in [0, 0.1) is 0 Å². The van der Waals surface area contributed by atoms with Crippen molar-refractivity contribution in [3.05, 3.63) is 24.3 Å². The molecule has 1 amide bonds. The molecule has 0 bridgehead atoms. The van der Waals surface area contributed by atoms with E-state index in [0.29, 0.717) is 39.2 Å². The molecule has 4 rings (SSSR count). The van der Waals surface area contributed by atoms with Gasteiger partial charge in [-0.15, -0.1) is 5.10 Å². The minimum Gasteiger partial charge on any atom is -0.384 e. The van der Waals surface area contributed by atoms with E-state index < -0.39 is 5.60 Å². The summed E-state index contributed by atoms with van der Waals surface area (Å²) in [6.07, 6.45) is 2.67. The van der Waals surface area contributed by atoms with Gasteiger partial charge in [-0.3, -0.25) is 4.79 Å². The summed E-state index contributed by atoms with van der Waals surface area (Å²) in [6, 6.07) is 7.72. The van der Waals surface area contributed by atoms with E-state index in [4.69, 9.17) is 4.74 Å². The lowest BCUT2D eigenvalue weighted by Crippen LogP contribution is -2.53. The van der Waals surface area contributed by atoms with Crippen LogP contribution in [0.2, 0.25) is 0 Å². The summed E-state index contributed by atoms with van der Waals surface area (Å²) < 4.78 is 7.37. The highest BCUT2D eigenvalue weighted by Gasteiger charge is 2.36. The molecule has 1 unspecified atom stereocenters. The predicted molar refractivity (Wildman–Crippen MR) is 100 cm³/mol. The van der Waals surface area contributed by atoms with E-state index in [1.54, 1.807) is 9.58 Å². The standard InChI is InChI=1S/C19H27N5O3/c25-18(7-10-24-17-6-2-1-5-16(17)20-21-24)23-11-12-27-15-19(26,14-23)13-22-8-3-4-9-22/h1-2,5-6,26H,3-4,7-15H2. The second-order valence-corrected chi connectivity index (χ2v) is 7.63. The van der Waals surface area contributed by atoms with Crippen LogP contribution < -0.4 is 0 Å². The van der Waals surface area contributed by atoms with E-state index in [1.807, 2.05) is 24.3 Å². The van der Waals surface area contributed by atoms with Gasteiger partial charge in [0.05, 0.1) is 31.8 Å². The smallest absolute Gasteiger partial charge is 0.224 e. The maximum Gasteiger partial charge on any atom is 0.224 e. The number of aryl methyl sites for hydroxylation is 1. The molecular weight excluding hydrogens is 346 g/mol. The largest absolute Gasteiger partial charge is 0.384 e. The Morgan fingerprint density at radius 2 is 2.04 bits per heavy atom. The third-order valence-electron chi connectivity index (χ3n) is 5.39. The average molecular weight is 373 g/mol. The summed E-state index contributed by atoms with van der Waals surface area (Å²) in [5, 5.41) is 19.3. The van der Waals surface area contributed by atoms with Crippen LogP contribution >= 0.6 is 0 Å². The molecule has 3 heterocycles. The van der Waals surface area contributed by atoms with E-state index in [2.05, 4.69) is 15.2 Å². The monoisotopic (exact) mass is 373 g/mol. The Bertz CT molecular complexity index is 788. The van der Waals surface area contributed by atoms with Crippen molar-refractivity contribution in [2.75, 3.05) is 45.9 Å². The van der Waals surface area contributed by atoms with Crippen molar-refractivity contribution in [2.45, 2.75) is 31.4 Å².